The zero-order valence-corrected chi connectivity index (χ0v) is 25.9. The summed E-state index contributed by atoms with van der Waals surface area (Å²) in [6.07, 6.45) is -2.25. The summed E-state index contributed by atoms with van der Waals surface area (Å²) in [4.78, 5) is 26.1. The average molecular weight is 613 g/mol. The molecule has 0 bridgehead atoms. The van der Waals surface area contributed by atoms with Gasteiger partial charge in [-0.25, -0.2) is 4.79 Å². The van der Waals surface area contributed by atoms with Crippen LogP contribution in [0.3, 0.4) is 0 Å². The number of carbonyl (C=O) groups excluding carboxylic acids is 2. The molecule has 0 aliphatic rings. The molecule has 2 rings (SSSR count). The van der Waals surface area contributed by atoms with E-state index in [1.54, 1.807) is 27.7 Å². The Kier molecular flexibility index (Phi) is 13.7. The number of esters is 2. The van der Waals surface area contributed by atoms with Crippen molar-refractivity contribution in [3.8, 4) is 0 Å². The van der Waals surface area contributed by atoms with Crippen LogP contribution in [0.25, 0.3) is 0 Å². The van der Waals surface area contributed by atoms with Crippen LogP contribution in [-0.4, -0.2) is 57.6 Å². The quantitative estimate of drug-likeness (QED) is 0.0963. The van der Waals surface area contributed by atoms with E-state index in [4.69, 9.17) is 34.7 Å². The Morgan fingerprint density at radius 3 is 1.98 bits per heavy atom. The van der Waals surface area contributed by atoms with Crippen molar-refractivity contribution in [2.75, 3.05) is 24.8 Å². The first-order valence-corrected chi connectivity index (χ1v) is 15.5. The molecule has 0 saturated heterocycles. The second-order valence-corrected chi connectivity index (χ2v) is 13.1. The van der Waals surface area contributed by atoms with Crippen LogP contribution in [-0.2, 0) is 56.1 Å². The first-order valence-electron chi connectivity index (χ1n) is 13.4. The molecule has 0 spiro atoms. The van der Waals surface area contributed by atoms with E-state index in [0.717, 1.165) is 11.1 Å². The molecule has 0 aliphatic heterocycles. The molecule has 0 aliphatic carbocycles. The predicted molar refractivity (Wildman–Crippen MR) is 155 cm³/mol. The maximum Gasteiger partial charge on any atom is 0.338 e. The predicted octanol–water partition coefficient (Wildman–Crippen LogP) is 5.25. The summed E-state index contributed by atoms with van der Waals surface area (Å²) in [5.74, 6) is -1.51. The number of carbonyl (C=O) groups is 2. The van der Waals surface area contributed by atoms with Gasteiger partial charge >= 0.3 is 11.9 Å². The number of alkyl halides is 1. The van der Waals surface area contributed by atoms with Gasteiger partial charge in [0.2, 0.25) is 6.29 Å². The van der Waals surface area contributed by atoms with Gasteiger partial charge in [0.15, 0.2) is 6.10 Å². The molecular weight excluding hydrogens is 572 g/mol. The minimum absolute atomic E-state index is 0.0585. The standard InChI is InChI=1S/C30H41ClO9S/c1-23(40-28(33)30(4,5)21-36-19-24-13-8-6-9-14-24)39-27(32)26(37-20-25-15-10-7-11-16-25)29(2,3)22-38-41(34,35)18-12-17-31/h6-11,13-16,23,26H,12,17-22H2,1-5H3/t23?,26-/m0/s1. The van der Waals surface area contributed by atoms with E-state index in [0.29, 0.717) is 6.61 Å². The van der Waals surface area contributed by atoms with Crippen LogP contribution in [0.2, 0.25) is 0 Å². The van der Waals surface area contributed by atoms with Crippen molar-refractivity contribution < 1.29 is 41.1 Å². The topological polar surface area (TPSA) is 114 Å². The highest BCUT2D eigenvalue weighted by Gasteiger charge is 2.41. The lowest BCUT2D eigenvalue weighted by Crippen LogP contribution is -2.45. The molecule has 41 heavy (non-hydrogen) atoms. The Balaban J connectivity index is 2.03. The molecule has 1 unspecified atom stereocenters. The van der Waals surface area contributed by atoms with Crippen LogP contribution in [0.4, 0.5) is 0 Å². The Morgan fingerprint density at radius 1 is 0.854 bits per heavy atom. The zero-order valence-electron chi connectivity index (χ0n) is 24.3. The van der Waals surface area contributed by atoms with Crippen LogP contribution in [0.15, 0.2) is 60.7 Å². The largest absolute Gasteiger partial charge is 0.425 e. The van der Waals surface area contributed by atoms with Gasteiger partial charge in [-0.2, -0.15) is 8.42 Å². The molecule has 2 aromatic carbocycles. The molecule has 0 heterocycles. The third-order valence-corrected chi connectivity index (χ3v) is 7.54. The van der Waals surface area contributed by atoms with Crippen LogP contribution in [0, 0.1) is 10.8 Å². The van der Waals surface area contributed by atoms with Crippen molar-refractivity contribution in [3.63, 3.8) is 0 Å². The number of ether oxygens (including phenoxy) is 4. The second-order valence-electron chi connectivity index (χ2n) is 11.0. The van der Waals surface area contributed by atoms with E-state index in [1.807, 2.05) is 60.7 Å². The summed E-state index contributed by atoms with van der Waals surface area (Å²) in [6, 6.07) is 18.7. The summed E-state index contributed by atoms with van der Waals surface area (Å²) < 4.78 is 52.2. The van der Waals surface area contributed by atoms with Crippen molar-refractivity contribution in [1.82, 2.24) is 0 Å². The number of halogens is 1. The second kappa shape index (κ2) is 16.2. The molecule has 0 saturated carbocycles. The fourth-order valence-corrected chi connectivity index (χ4v) is 4.98. The summed E-state index contributed by atoms with van der Waals surface area (Å²) >= 11 is 5.61. The van der Waals surface area contributed by atoms with E-state index >= 15 is 0 Å². The minimum atomic E-state index is -3.86. The van der Waals surface area contributed by atoms with E-state index in [9.17, 15) is 18.0 Å². The molecular formula is C30H41ClO9S. The van der Waals surface area contributed by atoms with Gasteiger partial charge in [0.05, 0.1) is 37.6 Å². The lowest BCUT2D eigenvalue weighted by Gasteiger charge is -2.33. The lowest BCUT2D eigenvalue weighted by molar-refractivity contribution is -0.205. The van der Waals surface area contributed by atoms with Gasteiger partial charge in [-0.15, -0.1) is 11.6 Å². The maximum atomic E-state index is 13.3. The minimum Gasteiger partial charge on any atom is -0.425 e. The zero-order chi connectivity index (χ0) is 30.5. The van der Waals surface area contributed by atoms with Crippen molar-refractivity contribution in [2.45, 2.75) is 66.6 Å². The lowest BCUT2D eigenvalue weighted by atomic mass is 9.87. The van der Waals surface area contributed by atoms with E-state index in [2.05, 4.69) is 0 Å². The van der Waals surface area contributed by atoms with Gasteiger partial charge in [-0.3, -0.25) is 8.98 Å². The monoisotopic (exact) mass is 612 g/mol. The number of benzene rings is 2. The molecule has 0 amide bonds. The first-order chi connectivity index (χ1) is 19.3. The molecule has 228 valence electrons. The Morgan fingerprint density at radius 2 is 1.41 bits per heavy atom. The van der Waals surface area contributed by atoms with Gasteiger partial charge in [0.1, 0.15) is 0 Å². The summed E-state index contributed by atoms with van der Waals surface area (Å²) in [5, 5.41) is 0. The van der Waals surface area contributed by atoms with Crippen LogP contribution < -0.4 is 0 Å². The fraction of sp³-hybridized carbons (Fsp3) is 0.533. The van der Waals surface area contributed by atoms with Crippen LogP contribution in [0.1, 0.15) is 52.2 Å². The highest BCUT2D eigenvalue weighted by molar-refractivity contribution is 7.86. The van der Waals surface area contributed by atoms with Crippen LogP contribution >= 0.6 is 11.6 Å². The molecule has 2 atom stereocenters. The van der Waals surface area contributed by atoms with Crippen LogP contribution in [0.5, 0.6) is 0 Å². The van der Waals surface area contributed by atoms with Gasteiger partial charge in [-0.05, 0) is 31.4 Å². The molecule has 0 fully saturated rings. The summed E-state index contributed by atoms with van der Waals surface area (Å²) in [6.45, 7) is 8.17. The van der Waals surface area contributed by atoms with Gasteiger partial charge in [-0.1, -0.05) is 74.5 Å². The molecule has 0 aromatic heterocycles. The third kappa shape index (κ3) is 12.5. The van der Waals surface area contributed by atoms with E-state index < -0.39 is 45.3 Å². The smallest absolute Gasteiger partial charge is 0.338 e. The third-order valence-electron chi connectivity index (χ3n) is 6.00. The van der Waals surface area contributed by atoms with Crippen molar-refractivity contribution >= 4 is 33.7 Å². The van der Waals surface area contributed by atoms with Crippen molar-refractivity contribution in [3.05, 3.63) is 71.8 Å². The summed E-state index contributed by atoms with van der Waals surface area (Å²) in [5.41, 5.74) is -0.371. The van der Waals surface area contributed by atoms with E-state index in [1.165, 1.54) is 6.92 Å². The van der Waals surface area contributed by atoms with Gasteiger partial charge < -0.3 is 18.9 Å². The molecule has 2 aromatic rings. The average Bonchev–Trinajstić information content (AvgIpc) is 2.92. The highest BCUT2D eigenvalue weighted by atomic mass is 35.5. The number of hydrogen-bond acceptors (Lipinski definition) is 9. The highest BCUT2D eigenvalue weighted by Crippen LogP contribution is 2.28. The van der Waals surface area contributed by atoms with Crippen molar-refractivity contribution in [2.24, 2.45) is 10.8 Å². The maximum absolute atomic E-state index is 13.3. The summed E-state index contributed by atoms with van der Waals surface area (Å²) in [7, 11) is -3.86. The molecule has 9 nitrogen and oxygen atoms in total. The van der Waals surface area contributed by atoms with Crippen molar-refractivity contribution in [1.29, 1.82) is 0 Å². The number of rotatable bonds is 18. The molecule has 0 N–H and O–H groups in total. The Hall–Kier alpha value is -2.50. The normalized spacial score (nSPS) is 13.8. The Bertz CT molecular complexity index is 1180. The fourth-order valence-electron chi connectivity index (χ4n) is 3.59. The Labute approximate surface area is 248 Å². The van der Waals surface area contributed by atoms with Gasteiger partial charge in [0, 0.05) is 18.2 Å². The SMILES string of the molecule is CC(OC(=O)[C@H](OCc1ccccc1)C(C)(C)COS(=O)(=O)CCCCl)OC(=O)C(C)(C)COCc1ccccc1. The van der Waals surface area contributed by atoms with E-state index in [-0.39, 0.29) is 37.9 Å². The number of hydrogen-bond donors (Lipinski definition) is 0. The van der Waals surface area contributed by atoms with Gasteiger partial charge in [0.25, 0.3) is 10.1 Å². The first kappa shape index (κ1) is 34.7. The molecule has 11 heteroatoms. The molecule has 0 radical (unpaired) electrons.